The third-order valence-corrected chi connectivity index (χ3v) is 6.56. The van der Waals surface area contributed by atoms with Gasteiger partial charge in [-0.1, -0.05) is 18.8 Å². The van der Waals surface area contributed by atoms with E-state index in [0.29, 0.717) is 35.4 Å². The summed E-state index contributed by atoms with van der Waals surface area (Å²) in [6.45, 7) is 2.20. The van der Waals surface area contributed by atoms with E-state index in [2.05, 4.69) is 27.5 Å². The number of amides is 5. The van der Waals surface area contributed by atoms with Gasteiger partial charge in [-0.3, -0.25) is 24.7 Å². The van der Waals surface area contributed by atoms with Crippen LogP contribution in [0.3, 0.4) is 0 Å². The molecule has 2 atom stereocenters. The van der Waals surface area contributed by atoms with Gasteiger partial charge in [0.25, 0.3) is 17.7 Å². The Kier molecular flexibility index (Phi) is 5.79. The van der Waals surface area contributed by atoms with E-state index in [1.165, 1.54) is 23.4 Å². The van der Waals surface area contributed by atoms with Crippen LogP contribution in [-0.4, -0.2) is 59.4 Å². The second-order valence-electron chi connectivity index (χ2n) is 9.07. The van der Waals surface area contributed by atoms with E-state index in [1.807, 2.05) is 6.92 Å². The number of urea groups is 1. The number of nitrogens with one attached hydrogen (secondary N) is 2. The predicted octanol–water partition coefficient (Wildman–Crippen LogP) is 1.08. The lowest BCUT2D eigenvalue weighted by atomic mass is 9.89. The number of carbonyl (C=O) groups is 4. The van der Waals surface area contributed by atoms with Crippen LogP contribution in [-0.2, 0) is 14.3 Å². The molecule has 1 aliphatic carbocycles. The minimum atomic E-state index is -1.65. The topological polar surface area (TPSA) is 157 Å². The first kappa shape index (κ1) is 23.9. The van der Waals surface area contributed by atoms with E-state index in [-0.39, 0.29) is 24.1 Å². The lowest BCUT2D eigenvalue weighted by Gasteiger charge is -2.27. The molecule has 5 rings (SSSR count). The van der Waals surface area contributed by atoms with Crippen molar-refractivity contribution in [3.8, 4) is 23.2 Å². The molecule has 4 heterocycles. The largest absolute Gasteiger partial charge is 0.501 e. The van der Waals surface area contributed by atoms with Crippen LogP contribution in [0.1, 0.15) is 29.5 Å². The summed E-state index contributed by atoms with van der Waals surface area (Å²) in [6.07, 6.45) is 5.42. The van der Waals surface area contributed by atoms with Gasteiger partial charge in [-0.25, -0.2) is 4.79 Å². The molecule has 37 heavy (non-hydrogen) atoms. The molecule has 1 saturated heterocycles. The summed E-state index contributed by atoms with van der Waals surface area (Å²) in [5.74, 6) is 5.34. The number of methoxy groups -OCH3 is 1. The molecule has 3 aliphatic rings. The highest BCUT2D eigenvalue weighted by atomic mass is 16.5. The fraction of sp³-hybridized carbons (Fsp3) is 0.269. The Morgan fingerprint density at radius 1 is 1.32 bits per heavy atom. The maximum atomic E-state index is 13.2. The Labute approximate surface area is 211 Å². The number of ether oxygens (including phenoxy) is 1. The van der Waals surface area contributed by atoms with Crippen molar-refractivity contribution in [3.05, 3.63) is 64.9 Å². The number of nitrogens with two attached hydrogens (primary N) is 1. The molecule has 0 saturated carbocycles. The SMILES string of the molecule is COC1=CC2=C(CN(CC3(C#Cc4cncc(-c5ccc(C(N)=O)o5)c4)NC(=O)NC3=O)C2=O)C(C)C1. The Hall–Kier alpha value is -4.85. The molecule has 2 aromatic rings. The van der Waals surface area contributed by atoms with Crippen molar-refractivity contribution >= 4 is 23.8 Å². The van der Waals surface area contributed by atoms with Crippen LogP contribution in [0.5, 0.6) is 0 Å². The molecule has 11 heteroatoms. The van der Waals surface area contributed by atoms with Crippen LogP contribution in [0.15, 0.2) is 58.0 Å². The molecule has 5 amide bonds. The van der Waals surface area contributed by atoms with Crippen LogP contribution in [0.4, 0.5) is 4.79 Å². The summed E-state index contributed by atoms with van der Waals surface area (Å²) >= 11 is 0. The summed E-state index contributed by atoms with van der Waals surface area (Å²) < 4.78 is 10.8. The smallest absolute Gasteiger partial charge is 0.323 e. The fourth-order valence-corrected chi connectivity index (χ4v) is 4.63. The van der Waals surface area contributed by atoms with Gasteiger partial charge < -0.3 is 25.1 Å². The number of allylic oxidation sites excluding steroid dienone is 1. The van der Waals surface area contributed by atoms with Gasteiger partial charge in [0.15, 0.2) is 5.76 Å². The Morgan fingerprint density at radius 3 is 2.81 bits per heavy atom. The number of aromatic nitrogens is 1. The molecule has 2 aromatic heterocycles. The maximum absolute atomic E-state index is 13.2. The van der Waals surface area contributed by atoms with Crippen LogP contribution >= 0.6 is 0 Å². The maximum Gasteiger partial charge on any atom is 0.323 e. The first-order chi connectivity index (χ1) is 17.7. The van der Waals surface area contributed by atoms with Gasteiger partial charge in [0.2, 0.25) is 5.54 Å². The normalized spacial score (nSPS) is 22.6. The van der Waals surface area contributed by atoms with Crippen molar-refractivity contribution in [2.75, 3.05) is 20.2 Å². The van der Waals surface area contributed by atoms with Gasteiger partial charge in [0.1, 0.15) is 5.76 Å². The molecular formula is C26H23N5O6. The highest BCUT2D eigenvalue weighted by Gasteiger charge is 2.49. The van der Waals surface area contributed by atoms with Crippen molar-refractivity contribution < 1.29 is 28.3 Å². The highest BCUT2D eigenvalue weighted by Crippen LogP contribution is 2.36. The van der Waals surface area contributed by atoms with Crippen LogP contribution in [0.2, 0.25) is 0 Å². The Balaban J connectivity index is 1.43. The second kappa shape index (κ2) is 8.98. The van der Waals surface area contributed by atoms with E-state index in [0.717, 1.165) is 11.3 Å². The molecule has 0 aromatic carbocycles. The number of furan rings is 1. The number of hydrogen-bond donors (Lipinski definition) is 3. The van der Waals surface area contributed by atoms with E-state index in [1.54, 1.807) is 25.3 Å². The van der Waals surface area contributed by atoms with Crippen LogP contribution in [0, 0.1) is 17.8 Å². The van der Waals surface area contributed by atoms with E-state index >= 15 is 0 Å². The Morgan fingerprint density at radius 2 is 2.14 bits per heavy atom. The average Bonchev–Trinajstić information content (AvgIpc) is 3.56. The summed E-state index contributed by atoms with van der Waals surface area (Å²) in [5, 5.41) is 4.82. The molecule has 11 nitrogen and oxygen atoms in total. The van der Waals surface area contributed by atoms with Crippen molar-refractivity contribution in [2.24, 2.45) is 11.7 Å². The van der Waals surface area contributed by atoms with Gasteiger partial charge in [0.05, 0.1) is 19.4 Å². The van der Waals surface area contributed by atoms with E-state index in [4.69, 9.17) is 14.9 Å². The van der Waals surface area contributed by atoms with Gasteiger partial charge >= 0.3 is 6.03 Å². The third kappa shape index (κ3) is 4.33. The van der Waals surface area contributed by atoms with E-state index in [9.17, 15) is 19.2 Å². The summed E-state index contributed by atoms with van der Waals surface area (Å²) in [6, 6.07) is 4.00. The van der Waals surface area contributed by atoms with Gasteiger partial charge in [-0.2, -0.15) is 0 Å². The lowest BCUT2D eigenvalue weighted by molar-refractivity contribution is -0.127. The minimum Gasteiger partial charge on any atom is -0.501 e. The van der Waals surface area contributed by atoms with Crippen molar-refractivity contribution in [2.45, 2.75) is 18.9 Å². The number of hydrogen-bond acceptors (Lipinski definition) is 7. The molecule has 2 aliphatic heterocycles. The van der Waals surface area contributed by atoms with Crippen LogP contribution < -0.4 is 16.4 Å². The number of nitrogens with zero attached hydrogens (tertiary/aromatic N) is 2. The lowest BCUT2D eigenvalue weighted by Crippen LogP contribution is -2.55. The molecule has 0 radical (unpaired) electrons. The molecule has 1 fully saturated rings. The zero-order chi connectivity index (χ0) is 26.3. The molecule has 4 N–H and O–H groups in total. The third-order valence-electron chi connectivity index (χ3n) is 6.56. The van der Waals surface area contributed by atoms with E-state index < -0.39 is 23.4 Å². The van der Waals surface area contributed by atoms with Crippen molar-refractivity contribution in [1.29, 1.82) is 0 Å². The number of carbonyl (C=O) groups excluding carboxylic acids is 4. The highest BCUT2D eigenvalue weighted by molar-refractivity contribution is 6.10. The monoisotopic (exact) mass is 501 g/mol. The standard InChI is InChI=1S/C26H23N5O6/c1-14-7-17(36-2)9-18-19(14)12-31(23(18)33)13-26(24(34)29-25(35)30-26)6-5-15-8-16(11-28-10-15)20-3-4-21(37-20)22(27)32/h3-4,8-11,14H,7,12-13H2,1-2H3,(H2,27,32)(H2,29,30,34,35). The Bertz CT molecular complexity index is 1480. The number of pyridine rings is 1. The van der Waals surface area contributed by atoms with Gasteiger partial charge in [0, 0.05) is 42.1 Å². The quantitative estimate of drug-likeness (QED) is 0.409. The second-order valence-corrected chi connectivity index (χ2v) is 9.07. The predicted molar refractivity (Wildman–Crippen MR) is 129 cm³/mol. The molecule has 0 spiro atoms. The van der Waals surface area contributed by atoms with Gasteiger partial charge in [-0.05, 0) is 35.8 Å². The molecule has 188 valence electrons. The van der Waals surface area contributed by atoms with Crippen LogP contribution in [0.25, 0.3) is 11.3 Å². The number of rotatable bonds is 5. The zero-order valence-electron chi connectivity index (χ0n) is 20.1. The number of imide groups is 1. The molecular weight excluding hydrogens is 478 g/mol. The summed E-state index contributed by atoms with van der Waals surface area (Å²) in [5.41, 5.74) is 6.06. The summed E-state index contributed by atoms with van der Waals surface area (Å²) in [7, 11) is 1.57. The van der Waals surface area contributed by atoms with Crippen molar-refractivity contribution in [3.63, 3.8) is 0 Å². The minimum absolute atomic E-state index is 0.00384. The first-order valence-corrected chi connectivity index (χ1v) is 11.5. The molecule has 0 bridgehead atoms. The fourth-order valence-electron chi connectivity index (χ4n) is 4.63. The average molecular weight is 501 g/mol. The molecule has 2 unspecified atom stereocenters. The number of primary amides is 1. The first-order valence-electron chi connectivity index (χ1n) is 11.5. The zero-order valence-corrected chi connectivity index (χ0v) is 20.1. The summed E-state index contributed by atoms with van der Waals surface area (Å²) in [4.78, 5) is 55.2. The van der Waals surface area contributed by atoms with Crippen molar-refractivity contribution in [1.82, 2.24) is 20.5 Å². The van der Waals surface area contributed by atoms with Gasteiger partial charge in [-0.15, -0.1) is 0 Å².